The Labute approximate surface area is 420 Å². The minimum Gasteiger partial charge on any atom is -0.481 e. The molecule has 0 rings (SSSR count). The molecule has 0 aliphatic heterocycles. The Morgan fingerprint density at radius 1 is 0.500 bits per heavy atom. The maximum Gasteiger partial charge on any atom is 0.326 e. The number of nitrogens with one attached hydrogen (secondary N) is 5. The number of carboxylic acids is 3. The summed E-state index contributed by atoms with van der Waals surface area (Å²) in [4.78, 5) is 90.0. The lowest BCUT2D eigenvalue weighted by Crippen LogP contribution is -2.41. The van der Waals surface area contributed by atoms with Crippen LogP contribution in [0.2, 0.25) is 0 Å². The van der Waals surface area contributed by atoms with Crippen LogP contribution in [0, 0.1) is 0 Å². The van der Waals surface area contributed by atoms with E-state index < -0.39 is 30.0 Å². The van der Waals surface area contributed by atoms with Crippen LogP contribution in [0.1, 0.15) is 156 Å². The summed E-state index contributed by atoms with van der Waals surface area (Å²) in [7, 11) is 5.17. The number of carbonyl (C=O) groups is 8. The maximum absolute atomic E-state index is 12.3. The first kappa shape index (κ1) is 71.1. The summed E-state index contributed by atoms with van der Waals surface area (Å²) in [5, 5.41) is 39.8. The van der Waals surface area contributed by atoms with Crippen molar-refractivity contribution in [3.05, 3.63) is 0 Å². The monoisotopic (exact) mass is 1090 g/mol. The molecule has 2 atom stereocenters. The van der Waals surface area contributed by atoms with Crippen LogP contribution in [-0.2, 0) is 57.3 Å². The van der Waals surface area contributed by atoms with Crippen LogP contribution < -0.4 is 30.4 Å². The summed E-state index contributed by atoms with van der Waals surface area (Å²) in [6.07, 6.45) is 17.7. The predicted octanol–water partition coefficient (Wildman–Crippen LogP) is 3.90. The van der Waals surface area contributed by atoms with Gasteiger partial charge in [-0.15, -0.1) is 0 Å². The largest absolute Gasteiger partial charge is 0.481 e. The highest BCUT2D eigenvalue weighted by Gasteiger charge is 2.21. The van der Waals surface area contributed by atoms with Gasteiger partial charge in [-0.3, -0.25) is 32.7 Å². The highest BCUT2D eigenvalue weighted by molar-refractivity contribution is 14.1. The Morgan fingerprint density at radius 2 is 0.882 bits per heavy atom. The fourth-order valence-electron chi connectivity index (χ4n) is 5.95. The lowest BCUT2D eigenvalue weighted by molar-refractivity contribution is -0.142. The number of hydrogen-bond acceptors (Lipinski definition) is 14. The van der Waals surface area contributed by atoms with Gasteiger partial charge in [0, 0.05) is 61.8 Å². The van der Waals surface area contributed by atoms with E-state index in [1.54, 1.807) is 22.9 Å². The highest BCUT2D eigenvalue weighted by Crippen LogP contribution is 2.14. The molecule has 68 heavy (non-hydrogen) atoms. The second-order valence-corrected chi connectivity index (χ2v) is 15.0. The molecule has 4 amide bonds. The summed E-state index contributed by atoms with van der Waals surface area (Å²) in [6, 6.07) is -1.96. The first-order chi connectivity index (χ1) is 32.9. The number of ether oxygens (including phenoxy) is 4. The number of carbonyl (C=O) groups excluding carboxylic acids is 5. The molecule has 0 aromatic rings. The van der Waals surface area contributed by atoms with Gasteiger partial charge in [0.1, 0.15) is 25.5 Å². The predicted molar refractivity (Wildman–Crippen MR) is 268 cm³/mol. The number of carboxylic acid groups (broad SMARTS) is 3. The normalized spacial score (nSPS) is 11.1. The van der Waals surface area contributed by atoms with Crippen molar-refractivity contribution < 1.29 is 72.6 Å². The van der Waals surface area contributed by atoms with Crippen LogP contribution in [0.3, 0.4) is 0 Å². The first-order valence-electron chi connectivity index (χ1n) is 24.0. The first-order valence-corrected chi connectivity index (χ1v) is 25.3. The van der Waals surface area contributed by atoms with Crippen molar-refractivity contribution >= 4 is 78.7 Å². The topological polar surface area (TPSA) is 320 Å². The Morgan fingerprint density at radius 3 is 1.29 bits per heavy atom. The molecule has 0 aromatic carbocycles. The molecule has 0 spiro atoms. The van der Waals surface area contributed by atoms with Crippen LogP contribution in [-0.4, -0.2) is 156 Å². The third kappa shape index (κ3) is 56.8. The molecule has 23 heteroatoms. The molecule has 0 aliphatic carbocycles. The van der Waals surface area contributed by atoms with Crippen molar-refractivity contribution in [2.24, 2.45) is 3.95 Å². The van der Waals surface area contributed by atoms with Crippen LogP contribution in [0.5, 0.6) is 0 Å². The fourth-order valence-corrected chi connectivity index (χ4v) is 5.95. The zero-order valence-electron chi connectivity index (χ0n) is 41.1. The number of unbranched alkanes of at least 4 members (excludes halogenated alkanes) is 14. The van der Waals surface area contributed by atoms with Crippen molar-refractivity contribution in [2.45, 2.75) is 168 Å². The summed E-state index contributed by atoms with van der Waals surface area (Å²) in [5.41, 5.74) is 0. The molecule has 2 unspecified atom stereocenters. The van der Waals surface area contributed by atoms with Crippen molar-refractivity contribution in [1.82, 2.24) is 26.5 Å². The Bertz CT molecular complexity index is 1260. The van der Waals surface area contributed by atoms with Crippen molar-refractivity contribution in [3.63, 3.8) is 0 Å². The van der Waals surface area contributed by atoms with Gasteiger partial charge in [0.2, 0.25) is 23.6 Å². The molecule has 0 aromatic heterocycles. The molecular weight excluding hydrogens is 1000 g/mol. The third-order valence-electron chi connectivity index (χ3n) is 9.43. The van der Waals surface area contributed by atoms with Crippen LogP contribution in [0.25, 0.3) is 0 Å². The van der Waals surface area contributed by atoms with Gasteiger partial charge in [-0.05, 0) is 45.4 Å². The van der Waals surface area contributed by atoms with Crippen LogP contribution in [0.15, 0.2) is 0 Å². The zero-order valence-corrected chi connectivity index (χ0v) is 43.3. The standard InChI is InChI=1S/C41H74BN5O14.C2H4O.C2H6.H2IN/c42-47-34(41(56)57)17-15-16-22-43-37(50)31-60-29-28-59-26-24-45-38(51)32-61-30-27-58-25-23-44-35(48)21-20-33(40(54)55)46-36(49)18-13-11-9-7-5-3-1-2-4-6-8-10-12-14-19-39(52)53;1-2-3;2*1-2/h33-34,47H,1-32H2,(H,43,50)(H,44,48)(H,45,51)(H,46,49)(H,52,53)(H,54,55)(H,56,57);2H,1H3;1-2H3;2H2. The minimum absolute atomic E-state index is 0.0329. The second-order valence-electron chi connectivity index (χ2n) is 15.0. The van der Waals surface area contributed by atoms with Gasteiger partial charge in [-0.25, -0.2) is 4.79 Å². The molecule has 0 heterocycles. The average molecular weight is 1090 g/mol. The van der Waals surface area contributed by atoms with Gasteiger partial charge in [0.05, 0.1) is 45.7 Å². The molecule has 21 nitrogen and oxygen atoms in total. The van der Waals surface area contributed by atoms with Gasteiger partial charge >= 0.3 is 17.9 Å². The highest BCUT2D eigenvalue weighted by atomic mass is 127. The molecule has 0 saturated heterocycles. The Balaban J connectivity index is -0.00000276. The fraction of sp³-hybridized carbons (Fsp3) is 0.822. The zero-order chi connectivity index (χ0) is 51.9. The number of hydrogen-bond donors (Lipinski definition) is 9. The lowest BCUT2D eigenvalue weighted by atomic mass is 10.0. The van der Waals surface area contributed by atoms with Crippen LogP contribution >= 0.6 is 22.9 Å². The van der Waals surface area contributed by atoms with E-state index in [9.17, 15) is 38.7 Å². The van der Waals surface area contributed by atoms with Gasteiger partial charge in [-0.1, -0.05) is 90.9 Å². The molecule has 0 saturated carbocycles. The number of halogens is 1. The summed E-state index contributed by atoms with van der Waals surface area (Å²) >= 11 is 1.65. The van der Waals surface area contributed by atoms with Gasteiger partial charge in [-0.2, -0.15) is 0 Å². The van der Waals surface area contributed by atoms with E-state index in [-0.39, 0.29) is 115 Å². The minimum atomic E-state index is -1.19. The number of amides is 4. The summed E-state index contributed by atoms with van der Waals surface area (Å²) in [6.45, 7) is 7.18. The third-order valence-corrected chi connectivity index (χ3v) is 9.43. The summed E-state index contributed by atoms with van der Waals surface area (Å²) < 4.78 is 25.7. The van der Waals surface area contributed by atoms with Crippen molar-refractivity contribution in [1.29, 1.82) is 0 Å². The quantitative estimate of drug-likeness (QED) is 0.0137. The van der Waals surface area contributed by atoms with E-state index in [1.807, 2.05) is 13.8 Å². The molecule has 10 N–H and O–H groups in total. The summed E-state index contributed by atoms with van der Waals surface area (Å²) in [5.74, 6) is -4.25. The van der Waals surface area contributed by atoms with Gasteiger partial charge in [0.15, 0.2) is 7.98 Å². The van der Waals surface area contributed by atoms with E-state index in [0.717, 1.165) is 51.2 Å². The maximum atomic E-state index is 12.3. The van der Waals surface area contributed by atoms with E-state index in [2.05, 4.69) is 30.4 Å². The average Bonchev–Trinajstić information content (AvgIpc) is 3.31. The molecule has 0 fully saturated rings. The van der Waals surface area contributed by atoms with Gasteiger partial charge in [0.25, 0.3) is 0 Å². The smallest absolute Gasteiger partial charge is 0.326 e. The number of aliphatic carboxylic acids is 3. The Kier molecular flexibility index (Phi) is 60.4. The molecular formula is C45H86BIN6O15. The molecule has 0 bridgehead atoms. The van der Waals surface area contributed by atoms with E-state index >= 15 is 0 Å². The van der Waals surface area contributed by atoms with Crippen molar-refractivity contribution in [2.75, 3.05) is 72.5 Å². The van der Waals surface area contributed by atoms with E-state index in [4.69, 9.17) is 41.9 Å². The number of rotatable bonds is 45. The molecule has 396 valence electrons. The SMILES string of the molecule is CC.CC=O.NI.[B]NC(CCCCNC(=O)COCCOCCNC(=O)COCCOCCNC(=O)CCC(NC(=O)CCCCCCCCCCCCCCCCC(=O)O)C(=O)O)C(=O)O. The Hall–Kier alpha value is -3.49. The lowest BCUT2D eigenvalue weighted by Gasteiger charge is -2.14. The number of aldehydes is 1. The van der Waals surface area contributed by atoms with E-state index in [1.165, 1.54) is 45.4 Å². The molecule has 0 aliphatic rings. The second kappa shape index (κ2) is 57.8. The number of nitrogens with two attached hydrogens (primary N) is 1. The van der Waals surface area contributed by atoms with E-state index in [0.29, 0.717) is 32.2 Å². The molecule has 2 radical (unpaired) electrons. The van der Waals surface area contributed by atoms with Crippen molar-refractivity contribution in [3.8, 4) is 0 Å². The van der Waals surface area contributed by atoms with Crippen LogP contribution in [0.4, 0.5) is 0 Å². The van der Waals surface area contributed by atoms with Gasteiger partial charge < -0.3 is 65.6 Å².